The zero-order valence-electron chi connectivity index (χ0n) is 18.1. The number of benzene rings is 3. The van der Waals surface area contributed by atoms with Crippen LogP contribution in [0.25, 0.3) is 0 Å². The Morgan fingerprint density at radius 1 is 1.00 bits per heavy atom. The highest BCUT2D eigenvalue weighted by Gasteiger charge is 2.20. The van der Waals surface area contributed by atoms with E-state index in [0.717, 1.165) is 11.1 Å². The van der Waals surface area contributed by atoms with Crippen LogP contribution in [0.1, 0.15) is 24.5 Å². The topological polar surface area (TPSA) is 84.5 Å². The summed E-state index contributed by atoms with van der Waals surface area (Å²) in [5.41, 5.74) is 2.57. The number of amides is 1. The van der Waals surface area contributed by atoms with Gasteiger partial charge in [0.1, 0.15) is 5.75 Å². The number of carbonyl (C=O) groups excluding carboxylic acids is 1. The first-order valence-electron chi connectivity index (χ1n) is 10.1. The summed E-state index contributed by atoms with van der Waals surface area (Å²) >= 11 is 5.97. The van der Waals surface area contributed by atoms with Gasteiger partial charge in [-0.1, -0.05) is 42.8 Å². The first-order chi connectivity index (χ1) is 15.2. The Labute approximate surface area is 193 Å². The van der Waals surface area contributed by atoms with Gasteiger partial charge in [-0.05, 0) is 73.9 Å². The summed E-state index contributed by atoms with van der Waals surface area (Å²) in [5, 5.41) is 3.22. The minimum Gasteiger partial charge on any atom is -0.480 e. The molecule has 0 fully saturated rings. The van der Waals surface area contributed by atoms with E-state index in [0.29, 0.717) is 28.6 Å². The molecule has 0 saturated carbocycles. The zero-order valence-corrected chi connectivity index (χ0v) is 19.6. The van der Waals surface area contributed by atoms with E-state index in [1.54, 1.807) is 25.1 Å². The van der Waals surface area contributed by atoms with Crippen molar-refractivity contribution in [3.05, 3.63) is 82.9 Å². The SMILES string of the molecule is CCC(Oc1ccccc1C)C(=O)Nc1ccc(S(=O)(=O)Nc2cc(Cl)ccc2C)cc1. The molecule has 0 bridgehead atoms. The van der Waals surface area contributed by atoms with Crippen LogP contribution >= 0.6 is 11.6 Å². The van der Waals surface area contributed by atoms with Gasteiger partial charge in [0.05, 0.1) is 10.6 Å². The van der Waals surface area contributed by atoms with Gasteiger partial charge in [0.15, 0.2) is 6.10 Å². The molecule has 0 aliphatic heterocycles. The second-order valence-corrected chi connectivity index (χ2v) is 9.48. The largest absolute Gasteiger partial charge is 0.480 e. The molecule has 0 aliphatic carbocycles. The van der Waals surface area contributed by atoms with Crippen molar-refractivity contribution in [3.8, 4) is 5.75 Å². The maximum atomic E-state index is 12.7. The number of halogens is 1. The summed E-state index contributed by atoms with van der Waals surface area (Å²) in [6.07, 6.45) is -0.192. The minimum atomic E-state index is -3.81. The van der Waals surface area contributed by atoms with Crippen molar-refractivity contribution >= 4 is 38.9 Å². The molecule has 1 amide bonds. The molecule has 3 aromatic carbocycles. The van der Waals surface area contributed by atoms with E-state index in [1.807, 2.05) is 38.1 Å². The van der Waals surface area contributed by atoms with Gasteiger partial charge in [-0.25, -0.2) is 8.42 Å². The predicted octanol–water partition coefficient (Wildman–Crippen LogP) is 5.55. The van der Waals surface area contributed by atoms with Gasteiger partial charge >= 0.3 is 0 Å². The number of anilines is 2. The van der Waals surface area contributed by atoms with Gasteiger partial charge in [-0.2, -0.15) is 0 Å². The molecule has 1 unspecified atom stereocenters. The van der Waals surface area contributed by atoms with Gasteiger partial charge in [-0.15, -0.1) is 0 Å². The molecule has 0 saturated heterocycles. The lowest BCUT2D eigenvalue weighted by molar-refractivity contribution is -0.122. The van der Waals surface area contributed by atoms with Crippen molar-refractivity contribution in [2.24, 2.45) is 0 Å². The van der Waals surface area contributed by atoms with Crippen LogP contribution < -0.4 is 14.8 Å². The Kier molecular flexibility index (Phi) is 7.43. The van der Waals surface area contributed by atoms with Crippen LogP contribution in [0.2, 0.25) is 5.02 Å². The van der Waals surface area contributed by atoms with Crippen LogP contribution in [0.5, 0.6) is 5.75 Å². The van der Waals surface area contributed by atoms with Gasteiger partial charge in [0.2, 0.25) is 0 Å². The molecule has 6 nitrogen and oxygen atoms in total. The Bertz CT molecular complexity index is 1210. The first kappa shape index (κ1) is 23.6. The van der Waals surface area contributed by atoms with Crippen molar-refractivity contribution in [1.82, 2.24) is 0 Å². The zero-order chi connectivity index (χ0) is 23.3. The van der Waals surface area contributed by atoms with E-state index in [9.17, 15) is 13.2 Å². The van der Waals surface area contributed by atoms with E-state index < -0.39 is 16.1 Å². The first-order valence-corrected chi connectivity index (χ1v) is 12.0. The summed E-state index contributed by atoms with van der Waals surface area (Å²) in [7, 11) is -3.81. The molecule has 0 radical (unpaired) electrons. The van der Waals surface area contributed by atoms with Gasteiger partial charge < -0.3 is 10.1 Å². The molecular weight excluding hydrogens is 448 g/mol. The number of nitrogens with one attached hydrogen (secondary N) is 2. The molecular formula is C24H25ClN2O4S. The van der Waals surface area contributed by atoms with Crippen LogP contribution in [0, 0.1) is 13.8 Å². The van der Waals surface area contributed by atoms with Crippen LogP contribution in [0.4, 0.5) is 11.4 Å². The molecule has 0 heterocycles. The van der Waals surface area contributed by atoms with E-state index in [2.05, 4.69) is 10.0 Å². The number of carbonyl (C=O) groups is 1. The maximum Gasteiger partial charge on any atom is 0.265 e. The van der Waals surface area contributed by atoms with Crippen LogP contribution in [-0.2, 0) is 14.8 Å². The van der Waals surface area contributed by atoms with E-state index >= 15 is 0 Å². The predicted molar refractivity (Wildman–Crippen MR) is 128 cm³/mol. The highest BCUT2D eigenvalue weighted by Crippen LogP contribution is 2.24. The van der Waals surface area contributed by atoms with Gasteiger partial charge in [-0.3, -0.25) is 9.52 Å². The van der Waals surface area contributed by atoms with Crippen molar-refractivity contribution in [2.45, 2.75) is 38.2 Å². The molecule has 0 aliphatic rings. The summed E-state index contributed by atoms with van der Waals surface area (Å²) in [4.78, 5) is 12.7. The van der Waals surface area contributed by atoms with E-state index in [4.69, 9.17) is 16.3 Å². The van der Waals surface area contributed by atoms with Crippen molar-refractivity contribution < 1.29 is 17.9 Å². The average molecular weight is 473 g/mol. The fourth-order valence-corrected chi connectivity index (χ4v) is 4.31. The monoisotopic (exact) mass is 472 g/mol. The van der Waals surface area contributed by atoms with Crippen LogP contribution in [-0.4, -0.2) is 20.4 Å². The Balaban J connectivity index is 1.70. The highest BCUT2D eigenvalue weighted by atomic mass is 35.5. The molecule has 3 rings (SSSR count). The second-order valence-electron chi connectivity index (χ2n) is 7.36. The second kappa shape index (κ2) is 10.1. The third kappa shape index (κ3) is 5.81. The van der Waals surface area contributed by atoms with Crippen molar-refractivity contribution in [3.63, 3.8) is 0 Å². The van der Waals surface area contributed by atoms with Gasteiger partial charge in [0, 0.05) is 10.7 Å². The molecule has 0 aromatic heterocycles. The lowest BCUT2D eigenvalue weighted by Crippen LogP contribution is -2.32. The Morgan fingerprint density at radius 3 is 2.34 bits per heavy atom. The van der Waals surface area contributed by atoms with Crippen molar-refractivity contribution in [2.75, 3.05) is 10.0 Å². The van der Waals surface area contributed by atoms with Crippen LogP contribution in [0.15, 0.2) is 71.6 Å². The summed E-state index contributed by atoms with van der Waals surface area (Å²) < 4.78 is 33.9. The third-order valence-electron chi connectivity index (χ3n) is 4.90. The number of para-hydroxylation sites is 1. The van der Waals surface area contributed by atoms with Crippen molar-refractivity contribution in [1.29, 1.82) is 0 Å². The number of hydrogen-bond donors (Lipinski definition) is 2. The minimum absolute atomic E-state index is 0.0677. The number of aryl methyl sites for hydroxylation is 2. The Hall–Kier alpha value is -3.03. The van der Waals surface area contributed by atoms with Crippen LogP contribution in [0.3, 0.4) is 0 Å². The fourth-order valence-electron chi connectivity index (χ4n) is 3.01. The normalized spacial score (nSPS) is 12.1. The molecule has 8 heteroatoms. The molecule has 168 valence electrons. The smallest absolute Gasteiger partial charge is 0.265 e. The standard InChI is InChI=1S/C24H25ClN2O4S/c1-4-22(31-23-8-6-5-7-17(23)3)24(28)26-19-11-13-20(14-12-19)32(29,30)27-21-15-18(25)10-9-16(21)2/h5-15,22,27H,4H2,1-3H3,(H,26,28). The quantitative estimate of drug-likeness (QED) is 0.450. The Morgan fingerprint density at radius 2 is 1.69 bits per heavy atom. The summed E-state index contributed by atoms with van der Waals surface area (Å²) in [6.45, 7) is 5.57. The lowest BCUT2D eigenvalue weighted by Gasteiger charge is -2.18. The number of rotatable bonds is 8. The molecule has 1 atom stereocenters. The molecule has 2 N–H and O–H groups in total. The molecule has 3 aromatic rings. The van der Waals surface area contributed by atoms with Gasteiger partial charge in [0.25, 0.3) is 15.9 Å². The maximum absolute atomic E-state index is 12.7. The number of hydrogen-bond acceptors (Lipinski definition) is 4. The lowest BCUT2D eigenvalue weighted by atomic mass is 10.2. The average Bonchev–Trinajstić information content (AvgIpc) is 2.76. The summed E-state index contributed by atoms with van der Waals surface area (Å²) in [6, 6.07) is 18.4. The van der Waals surface area contributed by atoms with E-state index in [1.165, 1.54) is 24.3 Å². The highest BCUT2D eigenvalue weighted by molar-refractivity contribution is 7.92. The fraction of sp³-hybridized carbons (Fsp3) is 0.208. The van der Waals surface area contributed by atoms with E-state index in [-0.39, 0.29) is 10.8 Å². The molecule has 32 heavy (non-hydrogen) atoms. The summed E-state index contributed by atoms with van der Waals surface area (Å²) in [5.74, 6) is 0.345. The number of sulfonamides is 1. The third-order valence-corrected chi connectivity index (χ3v) is 6.52. The number of ether oxygens (including phenoxy) is 1. The molecule has 0 spiro atoms.